The number of piperidine rings is 1. The molecule has 1 aromatic heterocycles. The molecule has 0 aromatic carbocycles. The van der Waals surface area contributed by atoms with E-state index in [9.17, 15) is 0 Å². The number of nitrogens with zero attached hydrogens (tertiary/aromatic N) is 4. The maximum absolute atomic E-state index is 5.83. The van der Waals surface area contributed by atoms with Crippen LogP contribution in [0.5, 0.6) is 0 Å². The number of H-pyrrole nitrogens is 1. The third-order valence-electron chi connectivity index (χ3n) is 4.75. The Kier molecular flexibility index (Phi) is 11.1. The second-order valence-electron chi connectivity index (χ2n) is 6.89. The van der Waals surface area contributed by atoms with E-state index in [4.69, 9.17) is 9.73 Å². The van der Waals surface area contributed by atoms with Gasteiger partial charge in [0.15, 0.2) is 5.96 Å². The van der Waals surface area contributed by atoms with E-state index >= 15 is 0 Å². The highest BCUT2D eigenvalue weighted by molar-refractivity contribution is 14.0. The average molecular weight is 478 g/mol. The lowest BCUT2D eigenvalue weighted by molar-refractivity contribution is 0.0266. The van der Waals surface area contributed by atoms with Crippen molar-refractivity contribution in [1.82, 2.24) is 25.4 Å². The van der Waals surface area contributed by atoms with Crippen molar-refractivity contribution in [2.45, 2.75) is 59.0 Å². The predicted molar refractivity (Wildman–Crippen MR) is 116 cm³/mol. The molecule has 150 valence electrons. The number of ether oxygens (including phenoxy) is 1. The van der Waals surface area contributed by atoms with Gasteiger partial charge in [-0.05, 0) is 39.0 Å². The van der Waals surface area contributed by atoms with Gasteiger partial charge in [-0.3, -0.25) is 10.1 Å². The standard InChI is InChI=1S/C18H34N6O.HI/c1-5-19-18(20-10-7-16(14(3)4)25-6-2)24-11-8-15(9-12-24)17-21-13-22-23-17;/h13-16H,5-12H2,1-4H3,(H,19,20)(H,21,22,23);1H. The number of nitrogens with one attached hydrogen (secondary N) is 2. The molecule has 2 rings (SSSR count). The Hall–Kier alpha value is -0.900. The van der Waals surface area contributed by atoms with Gasteiger partial charge in [0.25, 0.3) is 0 Å². The molecular weight excluding hydrogens is 443 g/mol. The van der Waals surface area contributed by atoms with E-state index in [0.717, 1.165) is 63.8 Å². The third kappa shape index (κ3) is 7.02. The van der Waals surface area contributed by atoms with Crippen LogP contribution in [0.2, 0.25) is 0 Å². The van der Waals surface area contributed by atoms with Gasteiger partial charge >= 0.3 is 0 Å². The van der Waals surface area contributed by atoms with Crippen LogP contribution >= 0.6 is 24.0 Å². The monoisotopic (exact) mass is 478 g/mol. The number of guanidine groups is 1. The molecule has 1 aliphatic rings. The first-order chi connectivity index (χ1) is 12.2. The normalized spacial score (nSPS) is 17.3. The molecule has 0 saturated carbocycles. The van der Waals surface area contributed by atoms with Crippen LogP contribution in [-0.2, 0) is 4.74 Å². The fourth-order valence-corrected chi connectivity index (χ4v) is 3.32. The lowest BCUT2D eigenvalue weighted by Crippen LogP contribution is -2.45. The Morgan fingerprint density at radius 3 is 2.65 bits per heavy atom. The molecule has 0 aliphatic carbocycles. The second-order valence-corrected chi connectivity index (χ2v) is 6.89. The number of aliphatic imine (C=N–C) groups is 1. The van der Waals surface area contributed by atoms with Crippen LogP contribution in [0.25, 0.3) is 0 Å². The van der Waals surface area contributed by atoms with Crippen molar-refractivity contribution in [1.29, 1.82) is 0 Å². The number of halogens is 1. The SMILES string of the molecule is CCNC(=NCCC(OCC)C(C)C)N1CCC(c2ncn[nH]2)CC1.I. The van der Waals surface area contributed by atoms with Crippen LogP contribution in [0.4, 0.5) is 0 Å². The van der Waals surface area contributed by atoms with Crippen LogP contribution in [0.1, 0.15) is 58.7 Å². The lowest BCUT2D eigenvalue weighted by Gasteiger charge is -2.33. The lowest BCUT2D eigenvalue weighted by atomic mass is 9.96. The van der Waals surface area contributed by atoms with Crippen molar-refractivity contribution < 1.29 is 4.74 Å². The molecule has 8 heteroatoms. The molecular formula is C18H35IN6O. The van der Waals surface area contributed by atoms with Gasteiger partial charge in [-0.1, -0.05) is 13.8 Å². The Morgan fingerprint density at radius 1 is 1.38 bits per heavy atom. The number of rotatable bonds is 8. The van der Waals surface area contributed by atoms with Gasteiger partial charge in [-0.15, -0.1) is 24.0 Å². The van der Waals surface area contributed by atoms with Crippen molar-refractivity contribution in [3.8, 4) is 0 Å². The first-order valence-electron chi connectivity index (χ1n) is 9.65. The van der Waals surface area contributed by atoms with Gasteiger partial charge in [-0.2, -0.15) is 5.10 Å². The minimum absolute atomic E-state index is 0. The van der Waals surface area contributed by atoms with Gasteiger partial charge in [-0.25, -0.2) is 4.98 Å². The molecule has 1 atom stereocenters. The van der Waals surface area contributed by atoms with Crippen molar-refractivity contribution in [3.63, 3.8) is 0 Å². The predicted octanol–water partition coefficient (Wildman–Crippen LogP) is 3.02. The number of likely N-dealkylation sites (tertiary alicyclic amines) is 1. The van der Waals surface area contributed by atoms with Gasteiger partial charge in [0.2, 0.25) is 0 Å². The summed E-state index contributed by atoms with van der Waals surface area (Å²) in [6.45, 7) is 13.0. The molecule has 0 spiro atoms. The molecule has 2 heterocycles. The molecule has 1 saturated heterocycles. The number of aromatic nitrogens is 3. The van der Waals surface area contributed by atoms with Gasteiger partial charge in [0.05, 0.1) is 6.10 Å². The third-order valence-corrected chi connectivity index (χ3v) is 4.75. The smallest absolute Gasteiger partial charge is 0.193 e. The number of aromatic amines is 1. The topological polar surface area (TPSA) is 78.4 Å². The molecule has 7 nitrogen and oxygen atoms in total. The summed E-state index contributed by atoms with van der Waals surface area (Å²) in [7, 11) is 0. The molecule has 0 amide bonds. The summed E-state index contributed by atoms with van der Waals surface area (Å²) in [5.41, 5.74) is 0. The molecule has 1 aromatic rings. The fourth-order valence-electron chi connectivity index (χ4n) is 3.32. The van der Waals surface area contributed by atoms with E-state index in [2.05, 4.69) is 53.1 Å². The zero-order chi connectivity index (χ0) is 18.1. The largest absolute Gasteiger partial charge is 0.378 e. The average Bonchev–Trinajstić information content (AvgIpc) is 3.15. The van der Waals surface area contributed by atoms with Crippen LogP contribution in [0.15, 0.2) is 11.3 Å². The molecule has 0 bridgehead atoms. The molecule has 1 unspecified atom stereocenters. The molecule has 1 fully saturated rings. The first-order valence-corrected chi connectivity index (χ1v) is 9.65. The van der Waals surface area contributed by atoms with Gasteiger partial charge in [0.1, 0.15) is 12.2 Å². The minimum Gasteiger partial charge on any atom is -0.378 e. The van der Waals surface area contributed by atoms with Crippen molar-refractivity contribution >= 4 is 29.9 Å². The number of hydrogen-bond donors (Lipinski definition) is 2. The highest BCUT2D eigenvalue weighted by Gasteiger charge is 2.24. The zero-order valence-corrected chi connectivity index (χ0v) is 18.9. The Bertz CT molecular complexity index is 500. The summed E-state index contributed by atoms with van der Waals surface area (Å²) in [4.78, 5) is 11.5. The highest BCUT2D eigenvalue weighted by atomic mass is 127. The van der Waals surface area contributed by atoms with Crippen molar-refractivity contribution in [2.75, 3.05) is 32.8 Å². The van der Waals surface area contributed by atoms with E-state index in [0.29, 0.717) is 11.8 Å². The van der Waals surface area contributed by atoms with Crippen LogP contribution in [-0.4, -0.2) is 64.9 Å². The van der Waals surface area contributed by atoms with Crippen molar-refractivity contribution in [3.05, 3.63) is 12.2 Å². The van der Waals surface area contributed by atoms with Crippen LogP contribution < -0.4 is 5.32 Å². The van der Waals surface area contributed by atoms with Gasteiger partial charge < -0.3 is 15.0 Å². The van der Waals surface area contributed by atoms with Crippen LogP contribution in [0.3, 0.4) is 0 Å². The van der Waals surface area contributed by atoms with E-state index in [1.165, 1.54) is 0 Å². The summed E-state index contributed by atoms with van der Waals surface area (Å²) < 4.78 is 5.83. The maximum Gasteiger partial charge on any atom is 0.193 e. The molecule has 1 aliphatic heterocycles. The van der Waals surface area contributed by atoms with E-state index < -0.39 is 0 Å². The Labute approximate surface area is 174 Å². The molecule has 2 N–H and O–H groups in total. The molecule has 26 heavy (non-hydrogen) atoms. The van der Waals surface area contributed by atoms with Crippen LogP contribution in [0, 0.1) is 5.92 Å². The van der Waals surface area contributed by atoms with Gasteiger partial charge in [0, 0.05) is 38.7 Å². The van der Waals surface area contributed by atoms with E-state index in [1.54, 1.807) is 6.33 Å². The summed E-state index contributed by atoms with van der Waals surface area (Å²) in [6.07, 6.45) is 5.00. The minimum atomic E-state index is 0. The maximum atomic E-state index is 5.83. The summed E-state index contributed by atoms with van der Waals surface area (Å²) in [5, 5.41) is 10.4. The summed E-state index contributed by atoms with van der Waals surface area (Å²) in [5.74, 6) is 3.04. The summed E-state index contributed by atoms with van der Waals surface area (Å²) >= 11 is 0. The highest BCUT2D eigenvalue weighted by Crippen LogP contribution is 2.25. The van der Waals surface area contributed by atoms with Crippen molar-refractivity contribution in [2.24, 2.45) is 10.9 Å². The number of hydrogen-bond acceptors (Lipinski definition) is 4. The quantitative estimate of drug-likeness (QED) is 0.341. The Balaban J connectivity index is 0.00000338. The second kappa shape index (κ2) is 12.5. The van der Waals surface area contributed by atoms with E-state index in [1.807, 2.05) is 0 Å². The fraction of sp³-hybridized carbons (Fsp3) is 0.833. The zero-order valence-electron chi connectivity index (χ0n) is 16.6. The summed E-state index contributed by atoms with van der Waals surface area (Å²) in [6, 6.07) is 0. The van der Waals surface area contributed by atoms with E-state index in [-0.39, 0.29) is 30.1 Å². The molecule has 0 radical (unpaired) electrons. The first kappa shape index (κ1) is 23.1. The Morgan fingerprint density at radius 2 is 2.12 bits per heavy atom.